The molecule has 7 aromatic rings. The zero-order valence-electron chi connectivity index (χ0n) is 26.8. The molecule has 12 nitrogen and oxygen atoms in total. The Hall–Kier alpha value is -7.47. The summed E-state index contributed by atoms with van der Waals surface area (Å²) in [4.78, 5) is 39.3. The maximum absolute atomic E-state index is 6.00. The standard InChI is InChI=1S/C39H27N9O3/c1-4-22-40-31(7-1)25-43-28-10-16-34(17-11-28)49-37-46-38(50-35-18-12-29(13-19-35)44-26-32-8-2-5-23-41-32)48-39(47-37)51-36-20-14-30(15-21-36)45-27-33-9-3-6-24-42-33/h1-27H. The molecule has 246 valence electrons. The van der Waals surface area contributed by atoms with E-state index in [1.54, 1.807) is 110 Å². The number of hydrogen-bond acceptors (Lipinski definition) is 12. The van der Waals surface area contributed by atoms with Crippen molar-refractivity contribution >= 4 is 35.7 Å². The summed E-state index contributed by atoms with van der Waals surface area (Å²) in [6, 6.07) is 38.1. The van der Waals surface area contributed by atoms with Gasteiger partial charge in [-0.2, -0.15) is 0 Å². The lowest BCUT2D eigenvalue weighted by Gasteiger charge is -2.10. The Bertz CT molecular complexity index is 1980. The predicted octanol–water partition coefficient (Wildman–Crippen LogP) is 8.69. The van der Waals surface area contributed by atoms with Crippen LogP contribution in [0.4, 0.5) is 17.1 Å². The van der Waals surface area contributed by atoms with Crippen molar-refractivity contribution in [2.24, 2.45) is 15.0 Å². The van der Waals surface area contributed by atoms with Crippen molar-refractivity contribution in [2.75, 3.05) is 0 Å². The highest BCUT2D eigenvalue weighted by Crippen LogP contribution is 2.29. The van der Waals surface area contributed by atoms with Crippen molar-refractivity contribution in [2.45, 2.75) is 0 Å². The van der Waals surface area contributed by atoms with Gasteiger partial charge in [0, 0.05) is 18.6 Å². The van der Waals surface area contributed by atoms with E-state index in [2.05, 4.69) is 44.9 Å². The summed E-state index contributed by atoms with van der Waals surface area (Å²) < 4.78 is 18.0. The Kier molecular flexibility index (Phi) is 10.1. The quantitative estimate of drug-likeness (QED) is 0.117. The molecule has 0 aliphatic carbocycles. The summed E-state index contributed by atoms with van der Waals surface area (Å²) in [5.74, 6) is 1.42. The third-order valence-corrected chi connectivity index (χ3v) is 6.81. The van der Waals surface area contributed by atoms with Crippen LogP contribution in [0.25, 0.3) is 0 Å². The summed E-state index contributed by atoms with van der Waals surface area (Å²) in [7, 11) is 0. The second-order valence-electron chi connectivity index (χ2n) is 10.5. The zero-order valence-corrected chi connectivity index (χ0v) is 26.8. The first kappa shape index (κ1) is 32.1. The fourth-order valence-electron chi connectivity index (χ4n) is 4.35. The first-order chi connectivity index (χ1) is 25.2. The van der Waals surface area contributed by atoms with Crippen LogP contribution in [0.3, 0.4) is 0 Å². The molecule has 4 heterocycles. The molecule has 0 amide bonds. The van der Waals surface area contributed by atoms with E-state index in [-0.39, 0.29) is 18.0 Å². The topological polar surface area (TPSA) is 142 Å². The van der Waals surface area contributed by atoms with E-state index in [4.69, 9.17) is 14.2 Å². The molecule has 0 bridgehead atoms. The van der Waals surface area contributed by atoms with Gasteiger partial charge in [0.1, 0.15) is 17.2 Å². The van der Waals surface area contributed by atoms with E-state index < -0.39 is 0 Å². The molecular formula is C39H27N9O3. The smallest absolute Gasteiger partial charge is 0.331 e. The molecule has 51 heavy (non-hydrogen) atoms. The number of pyridine rings is 3. The Morgan fingerprint density at radius 2 is 0.647 bits per heavy atom. The van der Waals surface area contributed by atoms with Crippen LogP contribution in [0.1, 0.15) is 17.1 Å². The summed E-state index contributed by atoms with van der Waals surface area (Å²) >= 11 is 0. The highest BCUT2D eigenvalue weighted by Gasteiger charge is 2.13. The molecule has 0 aliphatic heterocycles. The van der Waals surface area contributed by atoms with Gasteiger partial charge in [-0.25, -0.2) is 0 Å². The van der Waals surface area contributed by atoms with Gasteiger partial charge in [-0.3, -0.25) is 29.9 Å². The average molecular weight is 670 g/mol. The van der Waals surface area contributed by atoms with Gasteiger partial charge in [-0.05, 0) is 109 Å². The van der Waals surface area contributed by atoms with E-state index in [0.29, 0.717) is 17.2 Å². The van der Waals surface area contributed by atoms with Crippen LogP contribution in [0, 0.1) is 0 Å². The van der Waals surface area contributed by atoms with Gasteiger partial charge in [-0.15, -0.1) is 15.0 Å². The molecule has 4 aromatic heterocycles. The van der Waals surface area contributed by atoms with E-state index in [9.17, 15) is 0 Å². The molecule has 0 saturated heterocycles. The summed E-state index contributed by atoms with van der Waals surface area (Å²) in [5, 5.41) is 0. The Morgan fingerprint density at radius 1 is 0.353 bits per heavy atom. The van der Waals surface area contributed by atoms with Crippen LogP contribution in [-0.2, 0) is 0 Å². The highest BCUT2D eigenvalue weighted by atomic mass is 16.5. The molecule has 0 spiro atoms. The monoisotopic (exact) mass is 669 g/mol. The van der Waals surface area contributed by atoms with Crippen molar-refractivity contribution in [3.8, 4) is 35.3 Å². The van der Waals surface area contributed by atoms with Crippen LogP contribution < -0.4 is 14.2 Å². The van der Waals surface area contributed by atoms with Crippen LogP contribution in [-0.4, -0.2) is 48.5 Å². The Labute approximate surface area is 292 Å². The van der Waals surface area contributed by atoms with Gasteiger partial charge in [-0.1, -0.05) is 18.2 Å². The number of hydrogen-bond donors (Lipinski definition) is 0. The fourth-order valence-corrected chi connectivity index (χ4v) is 4.35. The van der Waals surface area contributed by atoms with Crippen molar-refractivity contribution in [3.05, 3.63) is 163 Å². The molecule has 0 N–H and O–H groups in total. The normalized spacial score (nSPS) is 11.3. The predicted molar refractivity (Wildman–Crippen MR) is 194 cm³/mol. The number of aliphatic imine (C=N–C) groups is 3. The molecular weight excluding hydrogens is 642 g/mol. The lowest BCUT2D eigenvalue weighted by molar-refractivity contribution is 0.362. The molecule has 0 aliphatic rings. The molecule has 0 fully saturated rings. The molecule has 0 radical (unpaired) electrons. The van der Waals surface area contributed by atoms with Crippen LogP contribution in [0.15, 0.2) is 161 Å². The second kappa shape index (κ2) is 16.1. The minimum Gasteiger partial charge on any atom is -0.424 e. The largest absolute Gasteiger partial charge is 0.424 e. The molecule has 0 atom stereocenters. The third-order valence-electron chi connectivity index (χ3n) is 6.81. The summed E-state index contributed by atoms with van der Waals surface area (Å²) in [6.07, 6.45) is 10.2. The molecule has 12 heteroatoms. The highest BCUT2D eigenvalue weighted by molar-refractivity contribution is 5.80. The van der Waals surface area contributed by atoms with Gasteiger partial charge in [0.25, 0.3) is 0 Å². The van der Waals surface area contributed by atoms with Gasteiger partial charge in [0.2, 0.25) is 0 Å². The number of nitrogens with zero attached hydrogens (tertiary/aromatic N) is 9. The SMILES string of the molecule is C(=Nc1ccc(Oc2nc(Oc3ccc(N=Cc4ccccn4)cc3)nc(Oc3ccc(N=Cc4ccccn4)cc3)n2)cc1)c1ccccn1. The van der Waals surface area contributed by atoms with Gasteiger partial charge < -0.3 is 14.2 Å². The Balaban J connectivity index is 1.09. The van der Waals surface area contributed by atoms with Crippen LogP contribution >= 0.6 is 0 Å². The van der Waals surface area contributed by atoms with E-state index in [0.717, 1.165) is 34.1 Å². The first-order valence-electron chi connectivity index (χ1n) is 15.7. The van der Waals surface area contributed by atoms with E-state index in [1.165, 1.54) is 0 Å². The van der Waals surface area contributed by atoms with Gasteiger partial charge in [0.15, 0.2) is 0 Å². The molecule has 7 rings (SSSR count). The third kappa shape index (κ3) is 9.55. The number of benzene rings is 3. The van der Waals surface area contributed by atoms with Crippen molar-refractivity contribution < 1.29 is 14.2 Å². The minimum atomic E-state index is -0.0344. The van der Waals surface area contributed by atoms with Crippen molar-refractivity contribution in [1.29, 1.82) is 0 Å². The van der Waals surface area contributed by atoms with Gasteiger partial charge >= 0.3 is 18.0 Å². The van der Waals surface area contributed by atoms with Crippen molar-refractivity contribution in [3.63, 3.8) is 0 Å². The lowest BCUT2D eigenvalue weighted by Crippen LogP contribution is -2.01. The average Bonchev–Trinajstić information content (AvgIpc) is 3.18. The zero-order chi connectivity index (χ0) is 34.5. The molecule has 0 saturated carbocycles. The van der Waals surface area contributed by atoms with Crippen molar-refractivity contribution in [1.82, 2.24) is 29.9 Å². The maximum atomic E-state index is 6.00. The van der Waals surface area contributed by atoms with Crippen LogP contribution in [0.2, 0.25) is 0 Å². The van der Waals surface area contributed by atoms with E-state index in [1.807, 2.05) is 54.6 Å². The molecule has 3 aromatic carbocycles. The lowest BCUT2D eigenvalue weighted by atomic mass is 10.3. The van der Waals surface area contributed by atoms with Gasteiger partial charge in [0.05, 0.1) is 52.8 Å². The number of ether oxygens (including phenoxy) is 3. The summed E-state index contributed by atoms with van der Waals surface area (Å²) in [6.45, 7) is 0. The van der Waals surface area contributed by atoms with E-state index >= 15 is 0 Å². The fraction of sp³-hybridized carbons (Fsp3) is 0. The molecule has 0 unspecified atom stereocenters. The number of aromatic nitrogens is 6. The summed E-state index contributed by atoms with van der Waals surface area (Å²) in [5.41, 5.74) is 4.41. The second-order valence-corrected chi connectivity index (χ2v) is 10.5. The Morgan fingerprint density at radius 3 is 0.902 bits per heavy atom. The minimum absolute atomic E-state index is 0.0344. The maximum Gasteiger partial charge on any atom is 0.331 e. The number of rotatable bonds is 12. The first-order valence-corrected chi connectivity index (χ1v) is 15.7. The van der Waals surface area contributed by atoms with Crippen LogP contribution in [0.5, 0.6) is 35.3 Å².